The Labute approximate surface area is 119 Å². The van der Waals surface area contributed by atoms with Crippen LogP contribution in [0.1, 0.15) is 18.4 Å². The second kappa shape index (κ2) is 6.09. The van der Waals surface area contributed by atoms with Gasteiger partial charge in [-0.3, -0.25) is 0 Å². The molecule has 1 aromatic carbocycles. The summed E-state index contributed by atoms with van der Waals surface area (Å²) in [4.78, 5) is 0.129. The molecular weight excluding hydrogens is 280 g/mol. The summed E-state index contributed by atoms with van der Waals surface area (Å²) in [5, 5.41) is 0. The van der Waals surface area contributed by atoms with E-state index in [1.54, 1.807) is 25.3 Å². The Morgan fingerprint density at radius 2 is 2.05 bits per heavy atom. The number of sulfonamides is 1. The van der Waals surface area contributed by atoms with Gasteiger partial charge in [-0.1, -0.05) is 6.07 Å². The third kappa shape index (κ3) is 3.12. The van der Waals surface area contributed by atoms with Crippen LogP contribution in [0.15, 0.2) is 23.1 Å². The fourth-order valence-electron chi connectivity index (χ4n) is 2.20. The highest BCUT2D eigenvalue weighted by Crippen LogP contribution is 2.28. The summed E-state index contributed by atoms with van der Waals surface area (Å²) >= 11 is 0. The van der Waals surface area contributed by atoms with E-state index in [2.05, 4.69) is 4.72 Å². The molecule has 7 heteroatoms. The van der Waals surface area contributed by atoms with Gasteiger partial charge in [0.15, 0.2) is 0 Å². The van der Waals surface area contributed by atoms with E-state index in [1.807, 2.05) is 0 Å². The number of nitrogens with two attached hydrogens (primary N) is 1. The molecule has 0 atom stereocenters. The van der Waals surface area contributed by atoms with E-state index in [4.69, 9.17) is 15.2 Å². The molecule has 1 aliphatic carbocycles. The maximum Gasteiger partial charge on any atom is 0.244 e. The van der Waals surface area contributed by atoms with Gasteiger partial charge in [0.25, 0.3) is 0 Å². The monoisotopic (exact) mass is 300 g/mol. The Bertz CT molecular complexity index is 568. The predicted octanol–water partition coefficient (Wildman–Crippen LogP) is 0.610. The van der Waals surface area contributed by atoms with Crippen LogP contribution in [-0.4, -0.2) is 34.8 Å². The number of hydrogen-bond acceptors (Lipinski definition) is 5. The second-order valence-electron chi connectivity index (χ2n) is 4.84. The Kier molecular flexibility index (Phi) is 4.64. The van der Waals surface area contributed by atoms with Gasteiger partial charge in [-0.05, 0) is 30.5 Å². The normalized spacial score (nSPS) is 22.4. The van der Waals surface area contributed by atoms with Crippen LogP contribution >= 0.6 is 0 Å². The summed E-state index contributed by atoms with van der Waals surface area (Å²) in [5.74, 6) is 0.317. The molecule has 0 heterocycles. The van der Waals surface area contributed by atoms with Gasteiger partial charge in [0, 0.05) is 19.7 Å². The lowest BCUT2D eigenvalue weighted by Gasteiger charge is -2.34. The Hall–Kier alpha value is -1.15. The number of methoxy groups -OCH3 is 2. The average molecular weight is 300 g/mol. The van der Waals surface area contributed by atoms with Gasteiger partial charge in [0.1, 0.15) is 10.6 Å². The molecule has 1 saturated carbocycles. The molecule has 0 aliphatic heterocycles. The maximum atomic E-state index is 12.4. The molecule has 0 aromatic heterocycles. The molecular formula is C13H20N2O4S. The molecule has 112 valence electrons. The van der Waals surface area contributed by atoms with E-state index in [9.17, 15) is 8.42 Å². The minimum atomic E-state index is -3.61. The third-order valence-corrected chi connectivity index (χ3v) is 5.04. The van der Waals surface area contributed by atoms with E-state index in [0.717, 1.165) is 5.56 Å². The predicted molar refractivity (Wildman–Crippen MR) is 75.0 cm³/mol. The third-order valence-electron chi connectivity index (χ3n) is 3.50. The van der Waals surface area contributed by atoms with Crippen molar-refractivity contribution in [3.63, 3.8) is 0 Å². The van der Waals surface area contributed by atoms with Crippen molar-refractivity contribution in [2.45, 2.75) is 36.4 Å². The van der Waals surface area contributed by atoms with Gasteiger partial charge in [-0.15, -0.1) is 0 Å². The standard InChI is InChI=1S/C13H20N2O4S/c1-18-11-6-10(7-11)15-20(16,17)13-5-9(8-14)3-4-12(13)19-2/h3-5,10-11,15H,6-8,14H2,1-2H3. The smallest absolute Gasteiger partial charge is 0.244 e. The van der Waals surface area contributed by atoms with Crippen molar-refractivity contribution in [1.82, 2.24) is 4.72 Å². The van der Waals surface area contributed by atoms with Gasteiger partial charge in [-0.25, -0.2) is 13.1 Å². The van der Waals surface area contributed by atoms with Gasteiger partial charge in [0.2, 0.25) is 10.0 Å². The van der Waals surface area contributed by atoms with Crippen molar-refractivity contribution in [3.05, 3.63) is 23.8 Å². The van der Waals surface area contributed by atoms with Crippen LogP contribution in [0.25, 0.3) is 0 Å². The van der Waals surface area contributed by atoms with E-state index in [-0.39, 0.29) is 23.6 Å². The van der Waals surface area contributed by atoms with Crippen LogP contribution in [0.4, 0.5) is 0 Å². The van der Waals surface area contributed by atoms with Crippen LogP contribution in [0.3, 0.4) is 0 Å². The molecule has 0 spiro atoms. The Morgan fingerprint density at radius 1 is 1.35 bits per heavy atom. The average Bonchev–Trinajstić information content (AvgIpc) is 2.41. The van der Waals surface area contributed by atoms with Crippen LogP contribution in [-0.2, 0) is 21.3 Å². The molecule has 0 radical (unpaired) electrons. The van der Waals surface area contributed by atoms with E-state index in [1.165, 1.54) is 7.11 Å². The van der Waals surface area contributed by atoms with Crippen molar-refractivity contribution in [1.29, 1.82) is 0 Å². The molecule has 3 N–H and O–H groups in total. The molecule has 20 heavy (non-hydrogen) atoms. The summed E-state index contributed by atoms with van der Waals surface area (Å²) in [6, 6.07) is 4.84. The minimum absolute atomic E-state index is 0.0869. The van der Waals surface area contributed by atoms with E-state index >= 15 is 0 Å². The first-order chi connectivity index (χ1) is 9.50. The van der Waals surface area contributed by atoms with Crippen LogP contribution in [0, 0.1) is 0 Å². The van der Waals surface area contributed by atoms with Crippen LogP contribution < -0.4 is 15.2 Å². The molecule has 0 unspecified atom stereocenters. The van der Waals surface area contributed by atoms with Crippen LogP contribution in [0.5, 0.6) is 5.75 Å². The van der Waals surface area contributed by atoms with Crippen molar-refractivity contribution in [2.75, 3.05) is 14.2 Å². The molecule has 0 saturated heterocycles. The fraction of sp³-hybridized carbons (Fsp3) is 0.538. The Morgan fingerprint density at radius 3 is 2.60 bits per heavy atom. The summed E-state index contributed by atoms with van der Waals surface area (Å²) in [7, 11) is -0.540. The fourth-order valence-corrected chi connectivity index (χ4v) is 3.68. The number of rotatable bonds is 6. The van der Waals surface area contributed by atoms with Gasteiger partial charge < -0.3 is 15.2 Å². The lowest BCUT2D eigenvalue weighted by molar-refractivity contribution is 0.0236. The number of benzene rings is 1. The first-order valence-electron chi connectivity index (χ1n) is 6.42. The maximum absolute atomic E-state index is 12.4. The lowest BCUT2D eigenvalue weighted by Crippen LogP contribution is -2.47. The molecule has 1 fully saturated rings. The Balaban J connectivity index is 2.20. The zero-order valence-electron chi connectivity index (χ0n) is 11.6. The quantitative estimate of drug-likeness (QED) is 0.803. The lowest BCUT2D eigenvalue weighted by atomic mass is 9.90. The highest BCUT2D eigenvalue weighted by Gasteiger charge is 2.33. The van der Waals surface area contributed by atoms with Gasteiger partial charge >= 0.3 is 0 Å². The molecule has 6 nitrogen and oxygen atoms in total. The zero-order chi connectivity index (χ0) is 14.8. The minimum Gasteiger partial charge on any atom is -0.495 e. The number of hydrogen-bond donors (Lipinski definition) is 2. The molecule has 2 rings (SSSR count). The SMILES string of the molecule is COc1ccc(CN)cc1S(=O)(=O)NC1CC(OC)C1. The van der Waals surface area contributed by atoms with E-state index in [0.29, 0.717) is 18.6 Å². The summed E-state index contributed by atoms with van der Waals surface area (Å²) in [5.41, 5.74) is 6.30. The van der Waals surface area contributed by atoms with Crippen molar-refractivity contribution < 1.29 is 17.9 Å². The molecule has 0 bridgehead atoms. The second-order valence-corrected chi connectivity index (χ2v) is 6.52. The number of nitrogens with one attached hydrogen (secondary N) is 1. The van der Waals surface area contributed by atoms with Crippen molar-refractivity contribution in [3.8, 4) is 5.75 Å². The summed E-state index contributed by atoms with van der Waals surface area (Å²) in [6.45, 7) is 0.279. The molecule has 1 aromatic rings. The molecule has 0 amide bonds. The molecule has 1 aliphatic rings. The first kappa shape index (κ1) is 15.2. The number of ether oxygens (including phenoxy) is 2. The first-order valence-corrected chi connectivity index (χ1v) is 7.90. The highest BCUT2D eigenvalue weighted by atomic mass is 32.2. The zero-order valence-corrected chi connectivity index (χ0v) is 12.4. The summed E-state index contributed by atoms with van der Waals surface area (Å²) in [6.07, 6.45) is 1.52. The highest BCUT2D eigenvalue weighted by molar-refractivity contribution is 7.89. The summed E-state index contributed by atoms with van der Waals surface area (Å²) < 4.78 is 37.7. The van der Waals surface area contributed by atoms with Crippen molar-refractivity contribution in [2.24, 2.45) is 5.73 Å². The van der Waals surface area contributed by atoms with E-state index < -0.39 is 10.0 Å². The van der Waals surface area contributed by atoms with Crippen molar-refractivity contribution >= 4 is 10.0 Å². The van der Waals surface area contributed by atoms with Gasteiger partial charge in [0.05, 0.1) is 13.2 Å². The van der Waals surface area contributed by atoms with Crippen LogP contribution in [0.2, 0.25) is 0 Å². The topological polar surface area (TPSA) is 90.7 Å². The largest absolute Gasteiger partial charge is 0.495 e. The van der Waals surface area contributed by atoms with Gasteiger partial charge in [-0.2, -0.15) is 0 Å².